The highest BCUT2D eigenvalue weighted by atomic mass is 16.5. The molecule has 3 N–H and O–H groups in total. The molecule has 6 nitrogen and oxygen atoms in total. The van der Waals surface area contributed by atoms with Gasteiger partial charge in [-0.2, -0.15) is 4.98 Å². The Morgan fingerprint density at radius 1 is 1.39 bits per heavy atom. The summed E-state index contributed by atoms with van der Waals surface area (Å²) in [6.45, 7) is 3.85. The molecule has 0 aliphatic rings. The van der Waals surface area contributed by atoms with Crippen molar-refractivity contribution in [3.8, 4) is 11.5 Å². The van der Waals surface area contributed by atoms with Crippen LogP contribution in [0.15, 0.2) is 16.7 Å². The second-order valence-electron chi connectivity index (χ2n) is 4.05. The molecule has 0 radical (unpaired) electrons. The lowest BCUT2D eigenvalue weighted by molar-refractivity contribution is 0.0950. The number of nitrogens with one attached hydrogen (secondary N) is 1. The minimum absolute atomic E-state index is 0.00828. The molecule has 18 heavy (non-hydrogen) atoms. The second-order valence-corrected chi connectivity index (χ2v) is 4.05. The Kier molecular flexibility index (Phi) is 3.01. The molecule has 0 atom stereocenters. The van der Waals surface area contributed by atoms with Crippen molar-refractivity contribution in [2.45, 2.75) is 13.8 Å². The van der Waals surface area contributed by atoms with Gasteiger partial charge in [-0.1, -0.05) is 11.2 Å². The molecule has 1 aromatic carbocycles. The number of carbonyl (C=O) groups excluding carboxylic acids is 1. The third-order valence-electron chi connectivity index (χ3n) is 2.62. The van der Waals surface area contributed by atoms with E-state index >= 15 is 0 Å². The molecule has 2 rings (SSSR count). The summed E-state index contributed by atoms with van der Waals surface area (Å²) in [4.78, 5) is 15.4. The topological polar surface area (TPSA) is 94.0 Å². The van der Waals surface area contributed by atoms with Crippen LogP contribution in [0.5, 0.6) is 0 Å². The molecule has 0 aliphatic heterocycles. The van der Waals surface area contributed by atoms with Gasteiger partial charge in [0, 0.05) is 12.7 Å². The fourth-order valence-electron chi connectivity index (χ4n) is 1.69. The Balaban J connectivity index is 2.49. The first-order chi connectivity index (χ1) is 8.52. The molecule has 1 amide bonds. The Morgan fingerprint density at radius 3 is 2.78 bits per heavy atom. The standard InChI is InChI=1S/C12H14N4O2/c1-6-4-7(2)9(13)8(5-6)12-15-10(16-18-12)11(17)14-3/h4-5H,13H2,1-3H3,(H,14,17). The molecule has 6 heteroatoms. The van der Waals surface area contributed by atoms with Crippen molar-refractivity contribution < 1.29 is 9.32 Å². The summed E-state index contributed by atoms with van der Waals surface area (Å²) in [7, 11) is 1.50. The summed E-state index contributed by atoms with van der Waals surface area (Å²) >= 11 is 0. The molecule has 0 spiro atoms. The molecule has 2 aromatic rings. The van der Waals surface area contributed by atoms with E-state index < -0.39 is 5.91 Å². The highest BCUT2D eigenvalue weighted by Gasteiger charge is 2.17. The van der Waals surface area contributed by atoms with Crippen LogP contribution in [0.3, 0.4) is 0 Å². The predicted molar refractivity (Wildman–Crippen MR) is 67.0 cm³/mol. The number of hydrogen-bond donors (Lipinski definition) is 2. The number of benzene rings is 1. The minimum Gasteiger partial charge on any atom is -0.398 e. The van der Waals surface area contributed by atoms with Crippen molar-refractivity contribution >= 4 is 11.6 Å². The SMILES string of the molecule is CNC(=O)c1noc(-c2cc(C)cc(C)c2N)n1. The van der Waals surface area contributed by atoms with Crippen LogP contribution in [-0.4, -0.2) is 23.1 Å². The predicted octanol–water partition coefficient (Wildman–Crippen LogP) is 1.30. The highest BCUT2D eigenvalue weighted by Crippen LogP contribution is 2.28. The number of amides is 1. The van der Waals surface area contributed by atoms with Crippen molar-refractivity contribution in [3.63, 3.8) is 0 Å². The van der Waals surface area contributed by atoms with Gasteiger partial charge in [-0.25, -0.2) is 0 Å². The first kappa shape index (κ1) is 12.1. The lowest BCUT2D eigenvalue weighted by Gasteiger charge is -2.06. The number of nitrogens with zero attached hydrogens (tertiary/aromatic N) is 2. The number of anilines is 1. The van der Waals surface area contributed by atoms with Crippen LogP contribution in [0.25, 0.3) is 11.5 Å². The minimum atomic E-state index is -0.395. The molecule has 0 saturated heterocycles. The molecular formula is C12H14N4O2. The fraction of sp³-hybridized carbons (Fsp3) is 0.250. The first-order valence-electron chi connectivity index (χ1n) is 5.46. The van der Waals surface area contributed by atoms with E-state index in [0.717, 1.165) is 11.1 Å². The van der Waals surface area contributed by atoms with Gasteiger partial charge in [0.25, 0.3) is 17.6 Å². The summed E-state index contributed by atoms with van der Waals surface area (Å²) in [5.74, 6) is -0.156. The van der Waals surface area contributed by atoms with Crippen molar-refractivity contribution in [2.75, 3.05) is 12.8 Å². The van der Waals surface area contributed by atoms with Gasteiger partial charge >= 0.3 is 0 Å². The van der Waals surface area contributed by atoms with Crippen molar-refractivity contribution in [1.82, 2.24) is 15.5 Å². The number of aromatic nitrogens is 2. The van der Waals surface area contributed by atoms with Gasteiger partial charge in [0.2, 0.25) is 0 Å². The maximum Gasteiger partial charge on any atom is 0.292 e. The maximum absolute atomic E-state index is 11.3. The third kappa shape index (κ3) is 2.04. The van der Waals surface area contributed by atoms with Crippen LogP contribution in [0.4, 0.5) is 5.69 Å². The molecule has 0 unspecified atom stereocenters. The second kappa shape index (κ2) is 4.48. The number of nitrogens with two attached hydrogens (primary N) is 1. The number of aryl methyl sites for hydroxylation is 2. The zero-order chi connectivity index (χ0) is 13.3. The van der Waals surface area contributed by atoms with Gasteiger partial charge in [-0.15, -0.1) is 0 Å². The Bertz CT molecular complexity index is 604. The van der Waals surface area contributed by atoms with E-state index in [1.807, 2.05) is 26.0 Å². The van der Waals surface area contributed by atoms with Crippen molar-refractivity contribution in [2.24, 2.45) is 0 Å². The van der Waals surface area contributed by atoms with Crippen LogP contribution < -0.4 is 11.1 Å². The largest absolute Gasteiger partial charge is 0.398 e. The zero-order valence-corrected chi connectivity index (χ0v) is 10.4. The highest BCUT2D eigenvalue weighted by molar-refractivity contribution is 5.90. The molecule has 0 bridgehead atoms. The number of rotatable bonds is 2. The van der Waals surface area contributed by atoms with E-state index in [2.05, 4.69) is 15.5 Å². The average molecular weight is 246 g/mol. The summed E-state index contributed by atoms with van der Waals surface area (Å²) < 4.78 is 5.06. The van der Waals surface area contributed by atoms with Crippen LogP contribution in [0, 0.1) is 13.8 Å². The summed E-state index contributed by atoms with van der Waals surface area (Å²) in [5.41, 5.74) is 9.17. The van der Waals surface area contributed by atoms with Crippen LogP contribution in [0.2, 0.25) is 0 Å². The molecule has 0 fully saturated rings. The van der Waals surface area contributed by atoms with Gasteiger partial charge in [0.15, 0.2) is 0 Å². The van der Waals surface area contributed by atoms with Gasteiger partial charge in [-0.05, 0) is 31.0 Å². The molecular weight excluding hydrogens is 232 g/mol. The van der Waals surface area contributed by atoms with E-state index in [1.165, 1.54) is 7.05 Å². The van der Waals surface area contributed by atoms with Gasteiger partial charge in [0.05, 0.1) is 5.56 Å². The maximum atomic E-state index is 11.3. The Morgan fingerprint density at radius 2 is 2.11 bits per heavy atom. The number of nitrogen functional groups attached to an aromatic ring is 1. The number of carbonyl (C=O) groups is 1. The smallest absolute Gasteiger partial charge is 0.292 e. The van der Waals surface area contributed by atoms with E-state index in [9.17, 15) is 4.79 Å². The Labute approximate surface area is 104 Å². The van der Waals surface area contributed by atoms with Crippen LogP contribution >= 0.6 is 0 Å². The van der Waals surface area contributed by atoms with Crippen LogP contribution in [0.1, 0.15) is 21.7 Å². The van der Waals surface area contributed by atoms with E-state index in [4.69, 9.17) is 10.3 Å². The molecule has 0 aliphatic carbocycles. The number of hydrogen-bond acceptors (Lipinski definition) is 5. The zero-order valence-electron chi connectivity index (χ0n) is 10.4. The monoisotopic (exact) mass is 246 g/mol. The molecule has 1 heterocycles. The summed E-state index contributed by atoms with van der Waals surface area (Å²) in [6, 6.07) is 3.82. The fourth-order valence-corrected chi connectivity index (χ4v) is 1.69. The average Bonchev–Trinajstić information content (AvgIpc) is 2.82. The van der Waals surface area contributed by atoms with Gasteiger partial charge < -0.3 is 15.6 Å². The summed E-state index contributed by atoms with van der Waals surface area (Å²) in [5, 5.41) is 6.04. The lowest BCUT2D eigenvalue weighted by Crippen LogP contribution is -2.19. The summed E-state index contributed by atoms with van der Waals surface area (Å²) in [6.07, 6.45) is 0. The van der Waals surface area contributed by atoms with Crippen molar-refractivity contribution in [1.29, 1.82) is 0 Å². The Hall–Kier alpha value is -2.37. The lowest BCUT2D eigenvalue weighted by atomic mass is 10.0. The molecule has 0 saturated carbocycles. The van der Waals surface area contributed by atoms with E-state index in [0.29, 0.717) is 11.3 Å². The molecule has 94 valence electrons. The normalized spacial score (nSPS) is 10.4. The quantitative estimate of drug-likeness (QED) is 0.779. The molecule has 1 aromatic heterocycles. The first-order valence-corrected chi connectivity index (χ1v) is 5.46. The van der Waals surface area contributed by atoms with Gasteiger partial charge in [0.1, 0.15) is 0 Å². The van der Waals surface area contributed by atoms with E-state index in [-0.39, 0.29) is 11.7 Å². The third-order valence-corrected chi connectivity index (χ3v) is 2.62. The van der Waals surface area contributed by atoms with Gasteiger partial charge in [-0.3, -0.25) is 4.79 Å². The van der Waals surface area contributed by atoms with Crippen LogP contribution in [-0.2, 0) is 0 Å². The van der Waals surface area contributed by atoms with E-state index in [1.54, 1.807) is 0 Å². The van der Waals surface area contributed by atoms with Crippen molar-refractivity contribution in [3.05, 3.63) is 29.1 Å².